The minimum atomic E-state index is -0.336. The van der Waals surface area contributed by atoms with Crippen molar-refractivity contribution < 1.29 is 4.79 Å². The number of nitrogens with one attached hydrogen (secondary N) is 2. The Labute approximate surface area is 126 Å². The maximum Gasteiger partial charge on any atom is 0.258 e. The van der Waals surface area contributed by atoms with E-state index in [2.05, 4.69) is 20.6 Å². The van der Waals surface area contributed by atoms with E-state index >= 15 is 0 Å². The first-order chi connectivity index (χ1) is 9.60. The van der Waals surface area contributed by atoms with Crippen molar-refractivity contribution in [2.75, 3.05) is 17.2 Å². The summed E-state index contributed by atoms with van der Waals surface area (Å²) in [6.45, 7) is 2.64. The van der Waals surface area contributed by atoms with Crippen LogP contribution in [-0.4, -0.2) is 22.4 Å². The van der Waals surface area contributed by atoms with Crippen molar-refractivity contribution in [3.05, 3.63) is 46.2 Å². The Hall–Kier alpha value is -1.85. The number of amides is 1. The zero-order valence-electron chi connectivity index (χ0n) is 10.7. The number of carbonyl (C=O) groups excluding carboxylic acids is 1. The quantitative estimate of drug-likeness (QED) is 0.907. The molecule has 7 heteroatoms. The summed E-state index contributed by atoms with van der Waals surface area (Å²) in [6.07, 6.45) is 2.91. The van der Waals surface area contributed by atoms with E-state index in [-0.39, 0.29) is 5.91 Å². The van der Waals surface area contributed by atoms with Crippen LogP contribution in [0.4, 0.5) is 11.6 Å². The molecule has 0 aliphatic carbocycles. The van der Waals surface area contributed by atoms with Crippen LogP contribution >= 0.6 is 23.2 Å². The van der Waals surface area contributed by atoms with Crippen LogP contribution in [0.1, 0.15) is 17.3 Å². The maximum absolute atomic E-state index is 12.0. The molecule has 0 aromatic carbocycles. The van der Waals surface area contributed by atoms with E-state index < -0.39 is 0 Å². The van der Waals surface area contributed by atoms with Crippen LogP contribution in [0.2, 0.25) is 10.0 Å². The Bertz CT molecular complexity index is 616. The topological polar surface area (TPSA) is 66.9 Å². The lowest BCUT2D eigenvalue weighted by atomic mass is 10.2. The van der Waals surface area contributed by atoms with E-state index in [1.54, 1.807) is 18.2 Å². The highest BCUT2D eigenvalue weighted by Gasteiger charge is 2.10. The van der Waals surface area contributed by atoms with E-state index in [1.165, 1.54) is 12.4 Å². The number of carbonyl (C=O) groups is 1. The number of anilines is 2. The molecule has 104 valence electrons. The highest BCUT2D eigenvalue weighted by molar-refractivity contribution is 6.33. The standard InChI is InChI=1S/C13H12Cl2N4O/c1-2-16-12-10(15)5-8(6-18-12)13(20)19-11-4-3-9(14)7-17-11/h3-7H,2H2,1H3,(H,16,18)(H,17,19,20). The molecule has 1 amide bonds. The first-order valence-corrected chi connectivity index (χ1v) is 6.68. The fourth-order valence-corrected chi connectivity index (χ4v) is 1.84. The van der Waals surface area contributed by atoms with Gasteiger partial charge in [-0.2, -0.15) is 0 Å². The first kappa shape index (κ1) is 14.6. The van der Waals surface area contributed by atoms with Gasteiger partial charge in [0, 0.05) is 18.9 Å². The van der Waals surface area contributed by atoms with Gasteiger partial charge in [-0.3, -0.25) is 4.79 Å². The van der Waals surface area contributed by atoms with Gasteiger partial charge in [0.1, 0.15) is 11.6 Å². The Balaban J connectivity index is 2.13. The molecule has 5 nitrogen and oxygen atoms in total. The molecule has 2 heterocycles. The lowest BCUT2D eigenvalue weighted by Crippen LogP contribution is -2.13. The van der Waals surface area contributed by atoms with Gasteiger partial charge >= 0.3 is 0 Å². The molecule has 2 rings (SSSR count). The van der Waals surface area contributed by atoms with E-state index in [1.807, 2.05) is 6.92 Å². The summed E-state index contributed by atoms with van der Waals surface area (Å²) in [5.41, 5.74) is 0.355. The molecule has 0 saturated carbocycles. The lowest BCUT2D eigenvalue weighted by Gasteiger charge is -2.07. The third-order valence-corrected chi connectivity index (χ3v) is 2.93. The van der Waals surface area contributed by atoms with Gasteiger partial charge < -0.3 is 10.6 Å². The van der Waals surface area contributed by atoms with Crippen LogP contribution in [0.3, 0.4) is 0 Å². The van der Waals surface area contributed by atoms with Crippen LogP contribution in [-0.2, 0) is 0 Å². The third kappa shape index (κ3) is 3.59. The number of pyridine rings is 2. The largest absolute Gasteiger partial charge is 0.369 e. The minimum absolute atomic E-state index is 0.336. The van der Waals surface area contributed by atoms with Crippen LogP contribution in [0.25, 0.3) is 0 Å². The number of hydrogen-bond donors (Lipinski definition) is 2. The zero-order chi connectivity index (χ0) is 14.5. The van der Waals surface area contributed by atoms with Crippen molar-refractivity contribution in [3.8, 4) is 0 Å². The summed E-state index contributed by atoms with van der Waals surface area (Å²) in [7, 11) is 0. The third-order valence-electron chi connectivity index (χ3n) is 2.42. The van der Waals surface area contributed by atoms with Gasteiger partial charge in [0.05, 0.1) is 15.6 Å². The van der Waals surface area contributed by atoms with Gasteiger partial charge in [-0.15, -0.1) is 0 Å². The number of aromatic nitrogens is 2. The molecule has 0 radical (unpaired) electrons. The van der Waals surface area contributed by atoms with Gasteiger partial charge in [-0.1, -0.05) is 23.2 Å². The molecule has 0 spiro atoms. The molecule has 0 fully saturated rings. The van der Waals surface area contributed by atoms with Crippen LogP contribution < -0.4 is 10.6 Å². The second-order valence-electron chi connectivity index (χ2n) is 3.90. The van der Waals surface area contributed by atoms with Gasteiger partial charge in [-0.25, -0.2) is 9.97 Å². The molecule has 2 aromatic heterocycles. The molecular formula is C13H12Cl2N4O. The number of halogens is 2. The number of nitrogens with zero attached hydrogens (tertiary/aromatic N) is 2. The van der Waals surface area contributed by atoms with Crippen molar-refractivity contribution in [1.29, 1.82) is 0 Å². The molecule has 2 aromatic rings. The van der Waals surface area contributed by atoms with Crippen molar-refractivity contribution >= 4 is 40.7 Å². The predicted octanol–water partition coefficient (Wildman–Crippen LogP) is 3.47. The highest BCUT2D eigenvalue weighted by atomic mass is 35.5. The van der Waals surface area contributed by atoms with Crippen LogP contribution in [0.15, 0.2) is 30.6 Å². The van der Waals surface area contributed by atoms with Crippen molar-refractivity contribution in [2.45, 2.75) is 6.92 Å². The fraction of sp³-hybridized carbons (Fsp3) is 0.154. The van der Waals surface area contributed by atoms with Gasteiger partial charge in [0.2, 0.25) is 0 Å². The Morgan fingerprint density at radius 1 is 1.25 bits per heavy atom. The Morgan fingerprint density at radius 3 is 2.65 bits per heavy atom. The van der Waals surface area contributed by atoms with E-state index in [0.29, 0.717) is 33.8 Å². The summed E-state index contributed by atoms with van der Waals surface area (Å²) < 4.78 is 0. The smallest absolute Gasteiger partial charge is 0.258 e. The molecule has 0 aliphatic heterocycles. The molecular weight excluding hydrogens is 299 g/mol. The second-order valence-corrected chi connectivity index (χ2v) is 4.74. The van der Waals surface area contributed by atoms with Crippen LogP contribution in [0.5, 0.6) is 0 Å². The summed E-state index contributed by atoms with van der Waals surface area (Å²) in [6, 6.07) is 4.81. The van der Waals surface area contributed by atoms with Crippen molar-refractivity contribution in [2.24, 2.45) is 0 Å². The number of rotatable bonds is 4. The Kier molecular flexibility index (Phi) is 4.76. The van der Waals surface area contributed by atoms with E-state index in [4.69, 9.17) is 23.2 Å². The average Bonchev–Trinajstić information content (AvgIpc) is 2.44. The molecule has 0 aliphatic rings. The van der Waals surface area contributed by atoms with Crippen LogP contribution in [0, 0.1) is 0 Å². The predicted molar refractivity (Wildman–Crippen MR) is 80.6 cm³/mol. The zero-order valence-corrected chi connectivity index (χ0v) is 12.2. The molecule has 0 bridgehead atoms. The molecule has 0 unspecified atom stereocenters. The molecule has 2 N–H and O–H groups in total. The summed E-state index contributed by atoms with van der Waals surface area (Å²) in [4.78, 5) is 20.1. The highest BCUT2D eigenvalue weighted by Crippen LogP contribution is 2.20. The normalized spacial score (nSPS) is 10.2. The summed E-state index contributed by atoms with van der Waals surface area (Å²) in [5.74, 6) is 0.624. The van der Waals surface area contributed by atoms with E-state index in [9.17, 15) is 4.79 Å². The second kappa shape index (κ2) is 6.54. The van der Waals surface area contributed by atoms with Gasteiger partial charge in [0.25, 0.3) is 5.91 Å². The van der Waals surface area contributed by atoms with Crippen molar-refractivity contribution in [1.82, 2.24) is 9.97 Å². The maximum atomic E-state index is 12.0. The Morgan fingerprint density at radius 2 is 2.05 bits per heavy atom. The van der Waals surface area contributed by atoms with Gasteiger partial charge in [0.15, 0.2) is 0 Å². The van der Waals surface area contributed by atoms with E-state index in [0.717, 1.165) is 0 Å². The summed E-state index contributed by atoms with van der Waals surface area (Å²) >= 11 is 11.8. The monoisotopic (exact) mass is 310 g/mol. The summed E-state index contributed by atoms with van der Waals surface area (Å²) in [5, 5.41) is 6.53. The lowest BCUT2D eigenvalue weighted by molar-refractivity contribution is 0.102. The number of hydrogen-bond acceptors (Lipinski definition) is 4. The SMILES string of the molecule is CCNc1ncc(C(=O)Nc2ccc(Cl)cn2)cc1Cl. The fourth-order valence-electron chi connectivity index (χ4n) is 1.50. The molecule has 0 atom stereocenters. The molecule has 0 saturated heterocycles. The first-order valence-electron chi connectivity index (χ1n) is 5.92. The molecule has 20 heavy (non-hydrogen) atoms. The average molecular weight is 311 g/mol. The van der Waals surface area contributed by atoms with Crippen molar-refractivity contribution in [3.63, 3.8) is 0 Å². The minimum Gasteiger partial charge on any atom is -0.369 e. The van der Waals surface area contributed by atoms with Gasteiger partial charge in [-0.05, 0) is 25.1 Å².